The van der Waals surface area contributed by atoms with Crippen molar-refractivity contribution in [3.05, 3.63) is 170 Å². The predicted molar refractivity (Wildman–Crippen MR) is 213 cm³/mol. The highest BCUT2D eigenvalue weighted by Gasteiger charge is 2.20. The number of nitrogens with zero attached hydrogens (tertiary/aromatic N) is 4. The fraction of sp³-hybridized carbons (Fsp3) is 0. The molecule has 0 N–H and O–H groups in total. The smallest absolute Gasteiger partial charge is 0.167 e. The molecule has 0 unspecified atom stereocenters. The average Bonchev–Trinajstić information content (AvgIpc) is 3.74. The van der Waals surface area contributed by atoms with Gasteiger partial charge in [0.15, 0.2) is 17.5 Å². The van der Waals surface area contributed by atoms with Crippen molar-refractivity contribution in [2.24, 2.45) is 0 Å². The number of hydrogen-bond donors (Lipinski definition) is 0. The Hall–Kier alpha value is -7.11. The first-order valence-electron chi connectivity index (χ1n) is 17.4. The Bertz CT molecular complexity index is 3190. The maximum atomic E-state index is 6.65. The summed E-state index contributed by atoms with van der Waals surface area (Å²) in [4.78, 5) is 15.5. The Balaban J connectivity index is 1.17. The number of fused-ring (bicyclic) bond motifs is 8. The molecule has 8 aromatic carbocycles. The molecule has 0 aliphatic rings. The lowest BCUT2D eigenvalue weighted by molar-refractivity contribution is 0.670. The van der Waals surface area contributed by atoms with Crippen LogP contribution in [-0.2, 0) is 0 Å². The Morgan fingerprint density at radius 2 is 1.00 bits per heavy atom. The molecular weight excluding hydrogens is 637 g/mol. The maximum Gasteiger partial charge on any atom is 0.167 e. The summed E-state index contributed by atoms with van der Waals surface area (Å²) in [5, 5.41) is 9.08. The molecule has 0 bridgehead atoms. The first-order chi connectivity index (χ1) is 25.7. The monoisotopic (exact) mass is 664 g/mol. The van der Waals surface area contributed by atoms with Crippen molar-refractivity contribution < 1.29 is 4.42 Å². The zero-order valence-electron chi connectivity index (χ0n) is 27.9. The van der Waals surface area contributed by atoms with Gasteiger partial charge in [-0.1, -0.05) is 121 Å². The molecule has 0 aliphatic carbocycles. The molecule has 242 valence electrons. The van der Waals surface area contributed by atoms with Crippen molar-refractivity contribution in [2.45, 2.75) is 0 Å². The summed E-state index contributed by atoms with van der Waals surface area (Å²) in [6.45, 7) is 0. The van der Waals surface area contributed by atoms with Gasteiger partial charge in [0.1, 0.15) is 11.2 Å². The van der Waals surface area contributed by atoms with Crippen LogP contribution in [0.3, 0.4) is 0 Å². The molecule has 0 atom stereocenters. The SMILES string of the molecule is c1ccc(-n2c3ccccc3c3ccc(-c4nc(-c5ccc6ccccc6c5)nc(-c5cccc6c5oc5cc7ccccc7cc56)n4)cc32)cc1. The molecule has 11 rings (SSSR count). The number of benzene rings is 8. The van der Waals surface area contributed by atoms with Gasteiger partial charge in [0.25, 0.3) is 0 Å². The molecule has 5 heteroatoms. The van der Waals surface area contributed by atoms with E-state index in [0.29, 0.717) is 17.5 Å². The number of hydrogen-bond acceptors (Lipinski definition) is 4. The van der Waals surface area contributed by atoms with E-state index in [1.165, 1.54) is 21.5 Å². The second-order valence-electron chi connectivity index (χ2n) is 13.3. The summed E-state index contributed by atoms with van der Waals surface area (Å²) >= 11 is 0. The van der Waals surface area contributed by atoms with Crippen LogP contribution in [0.15, 0.2) is 174 Å². The zero-order chi connectivity index (χ0) is 34.2. The van der Waals surface area contributed by atoms with Crippen molar-refractivity contribution in [2.75, 3.05) is 0 Å². The lowest BCUT2D eigenvalue weighted by Crippen LogP contribution is -2.01. The summed E-state index contributed by atoms with van der Waals surface area (Å²) < 4.78 is 8.97. The fourth-order valence-electron chi connectivity index (χ4n) is 7.71. The molecular formula is C47H28N4O. The summed E-state index contributed by atoms with van der Waals surface area (Å²) in [6.07, 6.45) is 0. The summed E-state index contributed by atoms with van der Waals surface area (Å²) in [5.41, 5.74) is 7.58. The van der Waals surface area contributed by atoms with Crippen LogP contribution in [0.25, 0.3) is 105 Å². The topological polar surface area (TPSA) is 56.7 Å². The number of aromatic nitrogens is 4. The minimum atomic E-state index is 0.561. The zero-order valence-corrected chi connectivity index (χ0v) is 27.9. The second-order valence-corrected chi connectivity index (χ2v) is 13.3. The van der Waals surface area contributed by atoms with Crippen LogP contribution in [0.5, 0.6) is 0 Å². The van der Waals surface area contributed by atoms with Crippen LogP contribution in [0.2, 0.25) is 0 Å². The number of rotatable bonds is 4. The first-order valence-corrected chi connectivity index (χ1v) is 17.4. The van der Waals surface area contributed by atoms with Gasteiger partial charge in [-0.05, 0) is 70.1 Å². The molecule has 11 aromatic rings. The lowest BCUT2D eigenvalue weighted by atomic mass is 10.0. The van der Waals surface area contributed by atoms with E-state index in [2.05, 4.69) is 162 Å². The largest absolute Gasteiger partial charge is 0.455 e. The highest BCUT2D eigenvalue weighted by Crippen LogP contribution is 2.39. The molecule has 5 nitrogen and oxygen atoms in total. The third-order valence-corrected chi connectivity index (χ3v) is 10.2. The van der Waals surface area contributed by atoms with Crippen molar-refractivity contribution >= 4 is 65.3 Å². The molecule has 0 aliphatic heterocycles. The van der Waals surface area contributed by atoms with E-state index < -0.39 is 0 Å². The van der Waals surface area contributed by atoms with Crippen LogP contribution in [-0.4, -0.2) is 19.5 Å². The van der Waals surface area contributed by atoms with Gasteiger partial charge >= 0.3 is 0 Å². The molecule has 0 fully saturated rings. The minimum Gasteiger partial charge on any atom is -0.455 e. The highest BCUT2D eigenvalue weighted by atomic mass is 16.3. The van der Waals surface area contributed by atoms with Crippen LogP contribution in [0.1, 0.15) is 0 Å². The van der Waals surface area contributed by atoms with Crippen LogP contribution in [0.4, 0.5) is 0 Å². The Morgan fingerprint density at radius 1 is 0.385 bits per heavy atom. The normalized spacial score (nSPS) is 11.8. The summed E-state index contributed by atoms with van der Waals surface area (Å²) in [7, 11) is 0. The van der Waals surface area contributed by atoms with Crippen LogP contribution < -0.4 is 0 Å². The van der Waals surface area contributed by atoms with Gasteiger partial charge in [-0.15, -0.1) is 0 Å². The van der Waals surface area contributed by atoms with Gasteiger partial charge < -0.3 is 8.98 Å². The van der Waals surface area contributed by atoms with Gasteiger partial charge in [-0.3, -0.25) is 0 Å². The summed E-state index contributed by atoms with van der Waals surface area (Å²) in [6, 6.07) is 59.2. The first kappa shape index (κ1) is 28.7. The molecule has 3 aromatic heterocycles. The van der Waals surface area contributed by atoms with Gasteiger partial charge in [0, 0.05) is 38.4 Å². The van der Waals surface area contributed by atoms with Crippen molar-refractivity contribution in [1.29, 1.82) is 0 Å². The van der Waals surface area contributed by atoms with E-state index >= 15 is 0 Å². The fourth-order valence-corrected chi connectivity index (χ4v) is 7.71. The van der Waals surface area contributed by atoms with E-state index in [1.807, 2.05) is 12.1 Å². The molecule has 0 radical (unpaired) electrons. The molecule has 0 saturated carbocycles. The van der Waals surface area contributed by atoms with Gasteiger partial charge in [-0.25, -0.2) is 15.0 Å². The molecule has 0 amide bonds. The van der Waals surface area contributed by atoms with E-state index in [9.17, 15) is 0 Å². The van der Waals surface area contributed by atoms with Crippen LogP contribution >= 0.6 is 0 Å². The van der Waals surface area contributed by atoms with Crippen molar-refractivity contribution in [3.63, 3.8) is 0 Å². The molecule has 0 saturated heterocycles. The predicted octanol–water partition coefficient (Wildman–Crippen LogP) is 12.2. The Morgan fingerprint density at radius 3 is 1.83 bits per heavy atom. The number of para-hydroxylation sites is 3. The molecule has 0 spiro atoms. The minimum absolute atomic E-state index is 0.561. The van der Waals surface area contributed by atoms with E-state index in [1.54, 1.807) is 0 Å². The third kappa shape index (κ3) is 4.46. The van der Waals surface area contributed by atoms with Gasteiger partial charge in [0.05, 0.1) is 16.6 Å². The number of furan rings is 1. The average molecular weight is 665 g/mol. The molecule has 3 heterocycles. The molecule has 52 heavy (non-hydrogen) atoms. The van der Waals surface area contributed by atoms with Crippen LogP contribution in [0, 0.1) is 0 Å². The van der Waals surface area contributed by atoms with Crippen molar-refractivity contribution in [1.82, 2.24) is 19.5 Å². The third-order valence-electron chi connectivity index (χ3n) is 10.2. The highest BCUT2D eigenvalue weighted by molar-refractivity contribution is 6.13. The maximum absolute atomic E-state index is 6.65. The standard InChI is InChI=1S/C47H28N4O/c1-2-15-35(16-3-1)51-41-20-9-8-17-36(41)37-24-23-34(27-42(37)51)46-48-45(33-22-21-29-11-4-5-12-30(29)25-33)49-47(50-46)39-19-10-18-38-40-26-31-13-6-7-14-32(31)28-43(40)52-44(38)39/h1-28H. The quantitative estimate of drug-likeness (QED) is 0.188. The van der Waals surface area contributed by atoms with Crippen molar-refractivity contribution in [3.8, 4) is 39.9 Å². The van der Waals surface area contributed by atoms with E-state index in [-0.39, 0.29) is 0 Å². The Kier molecular flexibility index (Phi) is 6.18. The van der Waals surface area contributed by atoms with E-state index in [0.717, 1.165) is 66.1 Å². The second kappa shape index (κ2) is 11.2. The van der Waals surface area contributed by atoms with E-state index in [4.69, 9.17) is 19.4 Å². The van der Waals surface area contributed by atoms with Gasteiger partial charge in [-0.2, -0.15) is 0 Å². The lowest BCUT2D eigenvalue weighted by Gasteiger charge is -2.11. The Labute approximate surface area is 298 Å². The van der Waals surface area contributed by atoms with Gasteiger partial charge in [0.2, 0.25) is 0 Å². The summed E-state index contributed by atoms with van der Waals surface area (Å²) in [5.74, 6) is 1.76.